The quantitative estimate of drug-likeness (QED) is 0.571. The summed E-state index contributed by atoms with van der Waals surface area (Å²) < 4.78 is 11.7. The van der Waals surface area contributed by atoms with Crippen molar-refractivity contribution in [3.8, 4) is 5.75 Å². The summed E-state index contributed by atoms with van der Waals surface area (Å²) in [7, 11) is 0. The SMILES string of the molecule is CCCCc1cc(OC2CCN(CC(=O)NCCOCC)CC2)c2ncccc2c1. The molecule has 0 bridgehead atoms. The molecule has 1 saturated heterocycles. The smallest absolute Gasteiger partial charge is 0.234 e. The van der Waals surface area contributed by atoms with Crippen molar-refractivity contribution in [3.05, 3.63) is 36.0 Å². The van der Waals surface area contributed by atoms with E-state index in [-0.39, 0.29) is 12.0 Å². The van der Waals surface area contributed by atoms with Crippen molar-refractivity contribution in [3.63, 3.8) is 0 Å². The lowest BCUT2D eigenvalue weighted by molar-refractivity contribution is -0.122. The minimum Gasteiger partial charge on any atom is -0.488 e. The Hall–Kier alpha value is -2.18. The van der Waals surface area contributed by atoms with Gasteiger partial charge in [0.1, 0.15) is 17.4 Å². The second-order valence-corrected chi connectivity index (χ2v) is 7.91. The molecule has 1 aliphatic rings. The van der Waals surface area contributed by atoms with Gasteiger partial charge >= 0.3 is 0 Å². The lowest BCUT2D eigenvalue weighted by atomic mass is 10.0. The molecule has 1 N–H and O–H groups in total. The molecule has 6 heteroatoms. The number of unbranched alkanes of at least 4 members (excludes halogenated alkanes) is 1. The summed E-state index contributed by atoms with van der Waals surface area (Å²) in [5.41, 5.74) is 2.25. The molecule has 0 atom stereocenters. The maximum atomic E-state index is 12.1. The Labute approximate surface area is 179 Å². The predicted molar refractivity (Wildman–Crippen MR) is 120 cm³/mol. The number of piperidine rings is 1. The number of benzene rings is 1. The molecule has 3 rings (SSSR count). The average Bonchev–Trinajstić information content (AvgIpc) is 2.76. The van der Waals surface area contributed by atoms with E-state index in [0.717, 1.165) is 49.0 Å². The summed E-state index contributed by atoms with van der Waals surface area (Å²) in [5.74, 6) is 0.958. The van der Waals surface area contributed by atoms with E-state index in [1.54, 1.807) is 0 Å². The summed E-state index contributed by atoms with van der Waals surface area (Å²) in [4.78, 5) is 18.8. The molecule has 0 saturated carbocycles. The molecule has 1 aromatic carbocycles. The zero-order valence-electron chi connectivity index (χ0n) is 18.4. The van der Waals surface area contributed by atoms with E-state index in [4.69, 9.17) is 9.47 Å². The Kier molecular flexibility index (Phi) is 8.90. The van der Waals surface area contributed by atoms with Crippen LogP contribution in [0.5, 0.6) is 5.75 Å². The summed E-state index contributed by atoms with van der Waals surface area (Å²) in [6, 6.07) is 8.49. The largest absolute Gasteiger partial charge is 0.488 e. The van der Waals surface area contributed by atoms with E-state index in [2.05, 4.69) is 40.3 Å². The highest BCUT2D eigenvalue weighted by molar-refractivity contribution is 5.85. The van der Waals surface area contributed by atoms with E-state index in [0.29, 0.717) is 26.3 Å². The molecule has 0 spiro atoms. The second kappa shape index (κ2) is 11.9. The van der Waals surface area contributed by atoms with Crippen LogP contribution in [0.2, 0.25) is 0 Å². The number of hydrogen-bond donors (Lipinski definition) is 1. The van der Waals surface area contributed by atoms with Crippen molar-refractivity contribution in [1.82, 2.24) is 15.2 Å². The number of carbonyl (C=O) groups is 1. The van der Waals surface area contributed by atoms with Gasteiger partial charge in [0, 0.05) is 37.8 Å². The third kappa shape index (κ3) is 6.67. The lowest BCUT2D eigenvalue weighted by Crippen LogP contribution is -2.44. The number of hydrogen-bond acceptors (Lipinski definition) is 5. The molecular weight excluding hydrogens is 378 g/mol. The predicted octanol–water partition coefficient (Wildman–Crippen LogP) is 3.57. The van der Waals surface area contributed by atoms with Gasteiger partial charge in [-0.3, -0.25) is 14.7 Å². The fourth-order valence-corrected chi connectivity index (χ4v) is 3.86. The molecule has 1 amide bonds. The number of amides is 1. The zero-order valence-corrected chi connectivity index (χ0v) is 18.4. The Morgan fingerprint density at radius 3 is 2.87 bits per heavy atom. The molecule has 0 radical (unpaired) electrons. The van der Waals surface area contributed by atoms with Crippen LogP contribution < -0.4 is 10.1 Å². The van der Waals surface area contributed by atoms with Crippen LogP contribution in [0.3, 0.4) is 0 Å². The maximum absolute atomic E-state index is 12.1. The van der Waals surface area contributed by atoms with Gasteiger partial charge in [0.2, 0.25) is 5.91 Å². The van der Waals surface area contributed by atoms with Crippen molar-refractivity contribution in [2.75, 3.05) is 39.4 Å². The topological polar surface area (TPSA) is 63.7 Å². The number of aryl methyl sites for hydroxylation is 1. The Balaban J connectivity index is 1.53. The van der Waals surface area contributed by atoms with Crippen LogP contribution >= 0.6 is 0 Å². The summed E-state index contributed by atoms with van der Waals surface area (Å²) in [6.45, 7) is 8.15. The number of pyridine rings is 1. The van der Waals surface area contributed by atoms with Gasteiger partial charge < -0.3 is 14.8 Å². The molecular formula is C24H35N3O3. The van der Waals surface area contributed by atoms with Gasteiger partial charge in [-0.1, -0.05) is 19.4 Å². The normalized spacial score (nSPS) is 15.4. The van der Waals surface area contributed by atoms with E-state index in [9.17, 15) is 4.79 Å². The molecule has 2 aromatic rings. The van der Waals surface area contributed by atoms with Crippen LogP contribution in [-0.2, 0) is 16.0 Å². The number of carbonyl (C=O) groups excluding carboxylic acids is 1. The molecule has 164 valence electrons. The number of fused-ring (bicyclic) bond motifs is 1. The average molecular weight is 414 g/mol. The Morgan fingerprint density at radius 1 is 1.27 bits per heavy atom. The minimum atomic E-state index is 0.0629. The van der Waals surface area contributed by atoms with E-state index in [1.165, 1.54) is 18.4 Å². The fraction of sp³-hybridized carbons (Fsp3) is 0.583. The molecule has 0 aliphatic carbocycles. The van der Waals surface area contributed by atoms with Crippen LogP contribution in [-0.4, -0.2) is 61.3 Å². The Bertz CT molecular complexity index is 803. The minimum absolute atomic E-state index is 0.0629. The van der Waals surface area contributed by atoms with Gasteiger partial charge in [-0.15, -0.1) is 0 Å². The molecule has 1 fully saturated rings. The summed E-state index contributed by atoms with van der Waals surface area (Å²) >= 11 is 0. The van der Waals surface area contributed by atoms with Gasteiger partial charge in [0.25, 0.3) is 0 Å². The number of ether oxygens (including phenoxy) is 2. The summed E-state index contributed by atoms with van der Waals surface area (Å²) in [6.07, 6.45) is 7.24. The maximum Gasteiger partial charge on any atom is 0.234 e. The van der Waals surface area contributed by atoms with Crippen LogP contribution in [0.15, 0.2) is 30.5 Å². The van der Waals surface area contributed by atoms with Gasteiger partial charge in [0.15, 0.2) is 0 Å². The van der Waals surface area contributed by atoms with Gasteiger partial charge in [-0.2, -0.15) is 0 Å². The van der Waals surface area contributed by atoms with Gasteiger partial charge in [-0.25, -0.2) is 0 Å². The van der Waals surface area contributed by atoms with Crippen molar-refractivity contribution < 1.29 is 14.3 Å². The standard InChI is InChI=1S/C24H35N3O3/c1-3-5-7-19-16-20-8-6-11-26-24(20)22(17-19)30-21-9-13-27(14-10-21)18-23(28)25-12-15-29-4-2/h6,8,11,16-17,21H,3-5,7,9-10,12-15,18H2,1-2H3,(H,25,28). The van der Waals surface area contributed by atoms with Crippen molar-refractivity contribution in [2.45, 2.75) is 52.1 Å². The van der Waals surface area contributed by atoms with Crippen molar-refractivity contribution >= 4 is 16.8 Å². The molecule has 1 aromatic heterocycles. The van der Waals surface area contributed by atoms with Crippen molar-refractivity contribution in [2.24, 2.45) is 0 Å². The van der Waals surface area contributed by atoms with E-state index in [1.807, 2.05) is 19.2 Å². The molecule has 0 unspecified atom stereocenters. The van der Waals surface area contributed by atoms with Crippen LogP contribution in [0, 0.1) is 0 Å². The fourth-order valence-electron chi connectivity index (χ4n) is 3.86. The first kappa shape index (κ1) is 22.5. The van der Waals surface area contributed by atoms with Crippen molar-refractivity contribution in [1.29, 1.82) is 0 Å². The molecule has 1 aliphatic heterocycles. The highest BCUT2D eigenvalue weighted by Gasteiger charge is 2.23. The highest BCUT2D eigenvalue weighted by Crippen LogP contribution is 2.29. The van der Waals surface area contributed by atoms with Gasteiger partial charge in [0.05, 0.1) is 13.2 Å². The third-order valence-electron chi connectivity index (χ3n) is 5.52. The summed E-state index contributed by atoms with van der Waals surface area (Å²) in [5, 5.41) is 4.05. The van der Waals surface area contributed by atoms with E-state index < -0.39 is 0 Å². The van der Waals surface area contributed by atoms with E-state index >= 15 is 0 Å². The number of nitrogens with one attached hydrogen (secondary N) is 1. The third-order valence-corrected chi connectivity index (χ3v) is 5.52. The van der Waals surface area contributed by atoms with Crippen LogP contribution in [0.4, 0.5) is 0 Å². The molecule has 6 nitrogen and oxygen atoms in total. The first-order valence-corrected chi connectivity index (χ1v) is 11.3. The zero-order chi connectivity index (χ0) is 21.2. The highest BCUT2D eigenvalue weighted by atomic mass is 16.5. The number of aromatic nitrogens is 1. The van der Waals surface area contributed by atoms with Gasteiger partial charge in [-0.05, 0) is 56.4 Å². The molecule has 2 heterocycles. The van der Waals surface area contributed by atoms with Crippen LogP contribution in [0.25, 0.3) is 10.9 Å². The first-order valence-electron chi connectivity index (χ1n) is 11.3. The number of nitrogens with zero attached hydrogens (tertiary/aromatic N) is 2. The Morgan fingerprint density at radius 2 is 2.10 bits per heavy atom. The van der Waals surface area contributed by atoms with Crippen LogP contribution in [0.1, 0.15) is 45.1 Å². The number of likely N-dealkylation sites (tertiary alicyclic amines) is 1. The first-order chi connectivity index (χ1) is 14.7. The monoisotopic (exact) mass is 413 g/mol. The number of rotatable bonds is 11. The lowest BCUT2D eigenvalue weighted by Gasteiger charge is -2.31. The molecule has 30 heavy (non-hydrogen) atoms. The second-order valence-electron chi connectivity index (χ2n) is 7.91.